The van der Waals surface area contributed by atoms with Gasteiger partial charge >= 0.3 is 0 Å². The minimum atomic E-state index is -0.296. The van der Waals surface area contributed by atoms with E-state index in [4.69, 9.17) is 0 Å². The summed E-state index contributed by atoms with van der Waals surface area (Å²) < 4.78 is 0. The average molecular weight is 189 g/mol. The molecule has 1 N–H and O–H groups in total. The SMILES string of the molecule is CSCC[C@@H](NC(C)=O)C(C)=O. The van der Waals surface area contributed by atoms with Crippen molar-refractivity contribution < 1.29 is 9.59 Å². The second-order valence-electron chi connectivity index (χ2n) is 2.65. The average Bonchev–Trinajstić information content (AvgIpc) is 1.96. The summed E-state index contributed by atoms with van der Waals surface area (Å²) in [6, 6.07) is -0.296. The molecule has 0 saturated heterocycles. The lowest BCUT2D eigenvalue weighted by atomic mass is 10.1. The molecule has 0 aromatic carbocycles. The maximum absolute atomic E-state index is 11.0. The summed E-state index contributed by atoms with van der Waals surface area (Å²) in [4.78, 5) is 21.6. The lowest BCUT2D eigenvalue weighted by Crippen LogP contribution is -2.38. The van der Waals surface area contributed by atoms with Gasteiger partial charge < -0.3 is 5.32 Å². The van der Waals surface area contributed by atoms with E-state index in [0.717, 1.165) is 12.2 Å². The minimum Gasteiger partial charge on any atom is -0.347 e. The van der Waals surface area contributed by atoms with Crippen LogP contribution >= 0.6 is 11.8 Å². The third-order valence-corrected chi connectivity index (χ3v) is 2.12. The van der Waals surface area contributed by atoms with Crippen molar-refractivity contribution in [3.63, 3.8) is 0 Å². The monoisotopic (exact) mass is 189 g/mol. The number of hydrogen-bond acceptors (Lipinski definition) is 3. The number of carbonyl (C=O) groups is 2. The maximum Gasteiger partial charge on any atom is 0.217 e. The Labute approximate surface area is 77.3 Å². The Morgan fingerprint density at radius 1 is 1.42 bits per heavy atom. The van der Waals surface area contributed by atoms with Crippen LogP contribution in [0.15, 0.2) is 0 Å². The van der Waals surface area contributed by atoms with Crippen LogP contribution < -0.4 is 5.32 Å². The molecule has 0 aromatic rings. The molecule has 3 nitrogen and oxygen atoms in total. The second-order valence-corrected chi connectivity index (χ2v) is 3.63. The Balaban J connectivity index is 3.87. The summed E-state index contributed by atoms with van der Waals surface area (Å²) in [6.07, 6.45) is 2.70. The highest BCUT2D eigenvalue weighted by molar-refractivity contribution is 7.98. The van der Waals surface area contributed by atoms with Gasteiger partial charge in [0, 0.05) is 6.92 Å². The van der Waals surface area contributed by atoms with Gasteiger partial charge in [-0.1, -0.05) is 0 Å². The molecule has 0 bridgehead atoms. The van der Waals surface area contributed by atoms with Crippen molar-refractivity contribution in [2.24, 2.45) is 0 Å². The van der Waals surface area contributed by atoms with Crippen molar-refractivity contribution >= 4 is 23.5 Å². The molecule has 0 rings (SSSR count). The quantitative estimate of drug-likeness (QED) is 0.697. The molecule has 0 spiro atoms. The summed E-state index contributed by atoms with van der Waals surface area (Å²) in [5.74, 6) is 0.778. The summed E-state index contributed by atoms with van der Waals surface area (Å²) in [5.41, 5.74) is 0. The summed E-state index contributed by atoms with van der Waals surface area (Å²) in [5, 5.41) is 2.61. The van der Waals surface area contributed by atoms with Crippen LogP contribution in [0.25, 0.3) is 0 Å². The number of Topliss-reactive ketones (excluding diaryl/α,β-unsaturated/α-hetero) is 1. The summed E-state index contributed by atoms with van der Waals surface area (Å²) in [7, 11) is 0. The first-order valence-electron chi connectivity index (χ1n) is 3.84. The van der Waals surface area contributed by atoms with Crippen LogP contribution in [-0.4, -0.2) is 29.7 Å². The number of hydrogen-bond donors (Lipinski definition) is 1. The fourth-order valence-electron chi connectivity index (χ4n) is 0.858. The highest BCUT2D eigenvalue weighted by atomic mass is 32.2. The fraction of sp³-hybridized carbons (Fsp3) is 0.750. The van der Waals surface area contributed by atoms with E-state index in [9.17, 15) is 9.59 Å². The highest BCUT2D eigenvalue weighted by Crippen LogP contribution is 2.01. The van der Waals surface area contributed by atoms with Crippen molar-refractivity contribution in [2.75, 3.05) is 12.0 Å². The van der Waals surface area contributed by atoms with Crippen molar-refractivity contribution in [3.8, 4) is 0 Å². The van der Waals surface area contributed by atoms with E-state index in [1.807, 2.05) is 6.26 Å². The van der Waals surface area contributed by atoms with Crippen molar-refractivity contribution in [2.45, 2.75) is 26.3 Å². The second kappa shape index (κ2) is 6.06. The standard InChI is InChI=1S/C8H15NO2S/c1-6(10)8(4-5-12-3)9-7(2)11/h8H,4-5H2,1-3H3,(H,9,11)/t8-/m1/s1. The van der Waals surface area contributed by atoms with Crippen LogP contribution in [0.5, 0.6) is 0 Å². The van der Waals surface area contributed by atoms with Crippen LogP contribution in [0.4, 0.5) is 0 Å². The van der Waals surface area contributed by atoms with Crippen LogP contribution in [0, 0.1) is 0 Å². The third-order valence-electron chi connectivity index (χ3n) is 1.48. The van der Waals surface area contributed by atoms with E-state index >= 15 is 0 Å². The molecular weight excluding hydrogens is 174 g/mol. The lowest BCUT2D eigenvalue weighted by molar-refractivity contribution is -0.125. The topological polar surface area (TPSA) is 46.2 Å². The molecule has 0 aliphatic heterocycles. The summed E-state index contributed by atoms with van der Waals surface area (Å²) in [6.45, 7) is 2.93. The Bertz CT molecular complexity index is 170. The number of thioether (sulfide) groups is 1. The minimum absolute atomic E-state index is 0.0271. The van der Waals surface area contributed by atoms with Gasteiger partial charge in [0.25, 0.3) is 0 Å². The van der Waals surface area contributed by atoms with Gasteiger partial charge in [-0.15, -0.1) is 0 Å². The first kappa shape index (κ1) is 11.5. The van der Waals surface area contributed by atoms with E-state index in [1.165, 1.54) is 13.8 Å². The number of nitrogens with one attached hydrogen (secondary N) is 1. The van der Waals surface area contributed by atoms with Crippen molar-refractivity contribution in [1.29, 1.82) is 0 Å². The van der Waals surface area contributed by atoms with Crippen LogP contribution in [-0.2, 0) is 9.59 Å². The van der Waals surface area contributed by atoms with Gasteiger partial charge in [0.1, 0.15) is 0 Å². The van der Waals surface area contributed by atoms with Gasteiger partial charge in [0.15, 0.2) is 5.78 Å². The predicted octanol–water partition coefficient (Wildman–Crippen LogP) is 0.833. The molecule has 0 saturated carbocycles. The van der Waals surface area contributed by atoms with Gasteiger partial charge in [-0.2, -0.15) is 11.8 Å². The Hall–Kier alpha value is -0.510. The van der Waals surface area contributed by atoms with Gasteiger partial charge in [0.2, 0.25) is 5.91 Å². The molecule has 70 valence electrons. The zero-order chi connectivity index (χ0) is 9.56. The third kappa shape index (κ3) is 5.18. The number of rotatable bonds is 5. The first-order valence-corrected chi connectivity index (χ1v) is 5.23. The molecule has 12 heavy (non-hydrogen) atoms. The normalized spacial score (nSPS) is 12.2. The summed E-state index contributed by atoms with van der Waals surface area (Å²) >= 11 is 1.67. The molecule has 0 aliphatic rings. The molecule has 0 aliphatic carbocycles. The molecule has 1 amide bonds. The molecule has 1 atom stereocenters. The number of carbonyl (C=O) groups excluding carboxylic acids is 2. The molecule has 4 heteroatoms. The zero-order valence-corrected chi connectivity index (χ0v) is 8.53. The van der Waals surface area contributed by atoms with Gasteiger partial charge in [-0.3, -0.25) is 9.59 Å². The fourth-order valence-corrected chi connectivity index (χ4v) is 1.33. The lowest BCUT2D eigenvalue weighted by Gasteiger charge is -2.13. The number of amides is 1. The number of ketones is 1. The van der Waals surface area contributed by atoms with Crippen LogP contribution in [0.3, 0.4) is 0 Å². The van der Waals surface area contributed by atoms with Gasteiger partial charge in [-0.05, 0) is 25.4 Å². The van der Waals surface area contributed by atoms with E-state index in [1.54, 1.807) is 11.8 Å². The maximum atomic E-state index is 11.0. The van der Waals surface area contributed by atoms with E-state index < -0.39 is 0 Å². The zero-order valence-electron chi connectivity index (χ0n) is 7.72. The Kier molecular flexibility index (Phi) is 5.80. The van der Waals surface area contributed by atoms with Crippen LogP contribution in [0.1, 0.15) is 20.3 Å². The molecule has 0 aromatic heterocycles. The Morgan fingerprint density at radius 2 is 2.00 bits per heavy atom. The van der Waals surface area contributed by atoms with Gasteiger partial charge in [0.05, 0.1) is 6.04 Å². The smallest absolute Gasteiger partial charge is 0.217 e. The molecule has 0 unspecified atom stereocenters. The first-order chi connectivity index (χ1) is 5.57. The predicted molar refractivity (Wildman–Crippen MR) is 51.3 cm³/mol. The van der Waals surface area contributed by atoms with Crippen molar-refractivity contribution in [3.05, 3.63) is 0 Å². The van der Waals surface area contributed by atoms with Gasteiger partial charge in [-0.25, -0.2) is 0 Å². The van der Waals surface area contributed by atoms with Crippen molar-refractivity contribution in [1.82, 2.24) is 5.32 Å². The Morgan fingerprint density at radius 3 is 2.33 bits per heavy atom. The molecule has 0 radical (unpaired) electrons. The van der Waals surface area contributed by atoms with E-state index in [2.05, 4.69) is 5.32 Å². The molecule has 0 fully saturated rings. The highest BCUT2D eigenvalue weighted by Gasteiger charge is 2.13. The molecule has 0 heterocycles. The van der Waals surface area contributed by atoms with E-state index in [-0.39, 0.29) is 17.7 Å². The molecular formula is C8H15NO2S. The van der Waals surface area contributed by atoms with E-state index in [0.29, 0.717) is 0 Å². The van der Waals surface area contributed by atoms with Crippen LogP contribution in [0.2, 0.25) is 0 Å². The largest absolute Gasteiger partial charge is 0.347 e.